The highest BCUT2D eigenvalue weighted by atomic mass is 35.5. The Morgan fingerprint density at radius 3 is 2.50 bits per heavy atom. The zero-order valence-corrected chi connectivity index (χ0v) is 16.6. The number of rotatable bonds is 5. The third kappa shape index (κ3) is 3.46. The first-order valence-electron chi connectivity index (χ1n) is 8.76. The number of Topliss-reactive ketones (excluding diaryl/α,β-unsaturated/α-hetero) is 1. The number of aromatic amines is 1. The highest BCUT2D eigenvalue weighted by molar-refractivity contribution is 7.10. The van der Waals surface area contributed by atoms with Gasteiger partial charge in [0.25, 0.3) is 11.7 Å². The number of para-hydroxylation sites is 1. The van der Waals surface area contributed by atoms with Crippen LogP contribution in [0.1, 0.15) is 32.5 Å². The number of benzene rings is 2. The maximum Gasteiger partial charge on any atom is 0.293 e. The summed E-state index contributed by atoms with van der Waals surface area (Å²) in [6, 6.07) is 18.2. The molecule has 0 spiro atoms. The van der Waals surface area contributed by atoms with Gasteiger partial charge in [0.15, 0.2) is 0 Å². The van der Waals surface area contributed by atoms with Crippen molar-refractivity contribution >= 4 is 45.5 Å². The molecule has 1 amide bonds. The molecule has 1 atom stereocenters. The quantitative estimate of drug-likeness (QED) is 0.348. The predicted octanol–water partition coefficient (Wildman–Crippen LogP) is 5.28. The number of carbonyl (C=O) groups excluding carboxylic acids is 2. The van der Waals surface area contributed by atoms with Crippen molar-refractivity contribution in [2.45, 2.75) is 13.0 Å². The first kappa shape index (κ1) is 18.5. The third-order valence-corrected chi connectivity index (χ3v) is 5.82. The maximum atomic E-state index is 13.0. The molecule has 0 saturated carbocycles. The Labute approximate surface area is 171 Å². The number of halogens is 1. The van der Waals surface area contributed by atoms with E-state index < -0.39 is 17.7 Å². The van der Waals surface area contributed by atoms with Crippen LogP contribution in [0.4, 0.5) is 0 Å². The lowest BCUT2D eigenvalue weighted by Crippen LogP contribution is -2.34. The summed E-state index contributed by atoms with van der Waals surface area (Å²) in [5, 5.41) is 6.21. The summed E-state index contributed by atoms with van der Waals surface area (Å²) < 4.78 is 0. The molecule has 2 heterocycles. The Kier molecular flexibility index (Phi) is 5.03. The summed E-state index contributed by atoms with van der Waals surface area (Å²) in [5.74, 6) is -1.19. The minimum Gasteiger partial charge on any atom is -0.358 e. The Balaban J connectivity index is 1.67. The Bertz CT molecular complexity index is 1150. The van der Waals surface area contributed by atoms with Crippen LogP contribution in [0.3, 0.4) is 0 Å². The Morgan fingerprint density at radius 1 is 1.04 bits per heavy atom. The highest BCUT2D eigenvalue weighted by Gasteiger charge is 2.26. The summed E-state index contributed by atoms with van der Waals surface area (Å²) >= 11 is 7.52. The van der Waals surface area contributed by atoms with Crippen molar-refractivity contribution in [1.82, 2.24) is 10.3 Å². The molecule has 0 radical (unpaired) electrons. The number of H-pyrrole nitrogens is 1. The molecule has 4 rings (SSSR count). The van der Waals surface area contributed by atoms with Gasteiger partial charge < -0.3 is 10.3 Å². The lowest BCUT2D eigenvalue weighted by atomic mass is 10.0. The fraction of sp³-hybridized carbons (Fsp3) is 0.0909. The molecule has 2 aromatic heterocycles. The van der Waals surface area contributed by atoms with Gasteiger partial charge in [-0.25, -0.2) is 0 Å². The molecule has 0 saturated heterocycles. The molecule has 0 fully saturated rings. The topological polar surface area (TPSA) is 62.0 Å². The average molecular weight is 409 g/mol. The second kappa shape index (κ2) is 7.62. The van der Waals surface area contributed by atoms with E-state index in [1.54, 1.807) is 19.1 Å². The van der Waals surface area contributed by atoms with Crippen molar-refractivity contribution in [1.29, 1.82) is 0 Å². The maximum absolute atomic E-state index is 13.0. The highest BCUT2D eigenvalue weighted by Crippen LogP contribution is 2.28. The van der Waals surface area contributed by atoms with Gasteiger partial charge in [0.2, 0.25) is 0 Å². The number of thiophene rings is 1. The number of nitrogens with one attached hydrogen (secondary N) is 2. The molecule has 0 aliphatic carbocycles. The number of hydrogen-bond donors (Lipinski definition) is 2. The standard InChI is InChI=1S/C22H17ClN2O2S/c1-13-19(16-5-2-3-6-17(16)24-13)21(26)22(27)25-20(18-7-4-12-28-18)14-8-10-15(23)11-9-14/h2-12,20,24H,1H3,(H,25,27). The van der Waals surface area contributed by atoms with Gasteiger partial charge in [-0.05, 0) is 42.1 Å². The van der Waals surface area contributed by atoms with Crippen LogP contribution in [0.5, 0.6) is 0 Å². The Morgan fingerprint density at radius 2 is 1.79 bits per heavy atom. The lowest BCUT2D eigenvalue weighted by molar-refractivity contribution is -0.117. The smallest absolute Gasteiger partial charge is 0.293 e. The second-order valence-corrected chi connectivity index (χ2v) is 7.89. The molecule has 0 aliphatic rings. The van der Waals surface area contributed by atoms with Gasteiger partial charge in [-0.3, -0.25) is 9.59 Å². The van der Waals surface area contributed by atoms with E-state index in [0.29, 0.717) is 16.3 Å². The minimum absolute atomic E-state index is 0.411. The van der Waals surface area contributed by atoms with Crippen LogP contribution >= 0.6 is 22.9 Å². The third-order valence-electron chi connectivity index (χ3n) is 4.63. The van der Waals surface area contributed by atoms with E-state index >= 15 is 0 Å². The van der Waals surface area contributed by atoms with E-state index in [9.17, 15) is 9.59 Å². The van der Waals surface area contributed by atoms with Gasteiger partial charge in [0.05, 0.1) is 11.6 Å². The van der Waals surface area contributed by atoms with Crippen LogP contribution in [0.15, 0.2) is 66.0 Å². The minimum atomic E-state index is -0.638. The molecule has 2 N–H and O–H groups in total. The second-order valence-electron chi connectivity index (χ2n) is 6.47. The molecule has 0 bridgehead atoms. The number of fused-ring (bicyclic) bond motifs is 1. The summed E-state index contributed by atoms with van der Waals surface area (Å²) in [6.07, 6.45) is 0. The zero-order valence-electron chi connectivity index (χ0n) is 15.0. The molecular formula is C22H17ClN2O2S. The average Bonchev–Trinajstić information content (AvgIpc) is 3.33. The summed E-state index contributed by atoms with van der Waals surface area (Å²) in [7, 11) is 0. The van der Waals surface area contributed by atoms with Crippen LogP contribution < -0.4 is 5.32 Å². The zero-order chi connectivity index (χ0) is 19.7. The van der Waals surface area contributed by atoms with Gasteiger partial charge in [0, 0.05) is 26.5 Å². The number of carbonyl (C=O) groups is 2. The largest absolute Gasteiger partial charge is 0.358 e. The van der Waals surface area contributed by atoms with Crippen molar-refractivity contribution < 1.29 is 9.59 Å². The van der Waals surface area contributed by atoms with Crippen molar-refractivity contribution in [3.05, 3.63) is 92.8 Å². The number of hydrogen-bond acceptors (Lipinski definition) is 3. The number of ketones is 1. The lowest BCUT2D eigenvalue weighted by Gasteiger charge is -2.18. The van der Waals surface area contributed by atoms with E-state index in [1.807, 2.05) is 53.9 Å². The fourth-order valence-corrected chi connectivity index (χ4v) is 4.24. The first-order valence-corrected chi connectivity index (χ1v) is 10.0. The van der Waals surface area contributed by atoms with Gasteiger partial charge in [0.1, 0.15) is 0 Å². The number of aryl methyl sites for hydroxylation is 1. The molecule has 140 valence electrons. The molecule has 2 aromatic carbocycles. The van der Waals surface area contributed by atoms with Crippen LogP contribution in [-0.2, 0) is 4.79 Å². The van der Waals surface area contributed by atoms with Crippen molar-refractivity contribution in [3.63, 3.8) is 0 Å². The molecule has 1 unspecified atom stereocenters. The fourth-order valence-electron chi connectivity index (χ4n) is 3.31. The van der Waals surface area contributed by atoms with E-state index in [0.717, 1.165) is 21.3 Å². The summed E-state index contributed by atoms with van der Waals surface area (Å²) in [5.41, 5.74) is 2.79. The normalized spacial score (nSPS) is 12.1. The van der Waals surface area contributed by atoms with Gasteiger partial charge in [-0.2, -0.15) is 0 Å². The van der Waals surface area contributed by atoms with Crippen molar-refractivity contribution in [3.8, 4) is 0 Å². The van der Waals surface area contributed by atoms with Gasteiger partial charge in [-0.15, -0.1) is 11.3 Å². The number of aromatic nitrogens is 1. The Hall–Kier alpha value is -2.89. The van der Waals surface area contributed by atoms with Crippen LogP contribution in [0.2, 0.25) is 5.02 Å². The SMILES string of the molecule is Cc1[nH]c2ccccc2c1C(=O)C(=O)NC(c1ccc(Cl)cc1)c1cccs1. The summed E-state index contributed by atoms with van der Waals surface area (Å²) in [6.45, 7) is 1.80. The van der Waals surface area contributed by atoms with Crippen LogP contribution in [0, 0.1) is 6.92 Å². The molecule has 4 aromatic rings. The summed E-state index contributed by atoms with van der Waals surface area (Å²) in [4.78, 5) is 30.0. The van der Waals surface area contributed by atoms with Crippen LogP contribution in [-0.4, -0.2) is 16.7 Å². The van der Waals surface area contributed by atoms with E-state index in [4.69, 9.17) is 11.6 Å². The number of amides is 1. The van der Waals surface area contributed by atoms with E-state index in [-0.39, 0.29) is 0 Å². The monoisotopic (exact) mass is 408 g/mol. The predicted molar refractivity (Wildman–Crippen MR) is 113 cm³/mol. The molecule has 4 nitrogen and oxygen atoms in total. The van der Waals surface area contributed by atoms with E-state index in [2.05, 4.69) is 10.3 Å². The van der Waals surface area contributed by atoms with Crippen molar-refractivity contribution in [2.75, 3.05) is 0 Å². The van der Waals surface area contributed by atoms with Crippen LogP contribution in [0.25, 0.3) is 10.9 Å². The van der Waals surface area contributed by atoms with E-state index in [1.165, 1.54) is 11.3 Å². The molecule has 6 heteroatoms. The first-order chi connectivity index (χ1) is 13.5. The van der Waals surface area contributed by atoms with Gasteiger partial charge in [-0.1, -0.05) is 48.0 Å². The van der Waals surface area contributed by atoms with Gasteiger partial charge >= 0.3 is 0 Å². The molecular weight excluding hydrogens is 392 g/mol. The van der Waals surface area contributed by atoms with Crippen molar-refractivity contribution in [2.24, 2.45) is 0 Å². The molecule has 28 heavy (non-hydrogen) atoms. The molecule has 0 aliphatic heterocycles.